The second-order valence-electron chi connectivity index (χ2n) is 4.10. The Morgan fingerprint density at radius 2 is 1.81 bits per heavy atom. The number of likely N-dealkylation sites (N-methyl/N-ethyl adjacent to an activating group) is 1. The summed E-state index contributed by atoms with van der Waals surface area (Å²) in [7, 11) is 0. The predicted octanol–water partition coefficient (Wildman–Crippen LogP) is 0.858. The third-order valence-electron chi connectivity index (χ3n) is 2.03. The topological polar surface area (TPSA) is 70.2 Å². The van der Waals surface area contributed by atoms with E-state index in [0.29, 0.717) is 19.0 Å². The number of urea groups is 1. The van der Waals surface area contributed by atoms with E-state index in [4.69, 9.17) is 0 Å². The van der Waals surface area contributed by atoms with Crippen LogP contribution in [0.25, 0.3) is 0 Å². The number of hydrogen-bond acceptors (Lipinski definition) is 2. The van der Waals surface area contributed by atoms with E-state index in [2.05, 4.69) is 29.8 Å². The second kappa shape index (κ2) is 9.00. The lowest BCUT2D eigenvalue weighted by Gasteiger charge is -2.08. The Morgan fingerprint density at radius 3 is 2.38 bits per heavy atom. The Labute approximate surface area is 97.4 Å². The normalized spacial score (nSPS) is 10.0. The highest BCUT2D eigenvalue weighted by atomic mass is 16.2. The number of carbonyl (C=O) groups excluding carboxylic acids is 2. The van der Waals surface area contributed by atoms with Crippen molar-refractivity contribution in [2.75, 3.05) is 19.6 Å². The minimum absolute atomic E-state index is 0.0316. The summed E-state index contributed by atoms with van der Waals surface area (Å²) in [5, 5.41) is 7.80. The van der Waals surface area contributed by atoms with Crippen LogP contribution in [-0.2, 0) is 4.79 Å². The molecule has 0 aliphatic rings. The number of carbonyl (C=O) groups is 2. The smallest absolute Gasteiger partial charge is 0.315 e. The van der Waals surface area contributed by atoms with Crippen molar-refractivity contribution >= 4 is 11.9 Å². The Morgan fingerprint density at radius 1 is 1.12 bits per heavy atom. The first-order chi connectivity index (χ1) is 7.56. The molecule has 0 spiro atoms. The maximum Gasteiger partial charge on any atom is 0.315 e. The van der Waals surface area contributed by atoms with Gasteiger partial charge in [0.2, 0.25) is 5.91 Å². The van der Waals surface area contributed by atoms with Crippen molar-refractivity contribution in [3.8, 4) is 0 Å². The molecule has 0 heterocycles. The van der Waals surface area contributed by atoms with Crippen LogP contribution >= 0.6 is 0 Å². The largest absolute Gasteiger partial charge is 0.355 e. The van der Waals surface area contributed by atoms with Crippen LogP contribution in [0, 0.1) is 5.92 Å². The van der Waals surface area contributed by atoms with Crippen molar-refractivity contribution in [1.82, 2.24) is 16.0 Å². The van der Waals surface area contributed by atoms with Crippen LogP contribution in [0.1, 0.15) is 33.6 Å². The highest BCUT2D eigenvalue weighted by molar-refractivity contribution is 5.83. The lowest BCUT2D eigenvalue weighted by Crippen LogP contribution is -2.42. The minimum Gasteiger partial charge on any atom is -0.355 e. The molecule has 0 radical (unpaired) electrons. The van der Waals surface area contributed by atoms with Crippen LogP contribution in [0.2, 0.25) is 0 Å². The molecule has 0 unspecified atom stereocenters. The number of hydrogen-bond donors (Lipinski definition) is 3. The molecule has 5 heteroatoms. The SMILES string of the molecule is CCNC(=O)CNC(=O)NCCCC(C)C. The summed E-state index contributed by atoms with van der Waals surface area (Å²) in [4.78, 5) is 22.2. The number of amides is 3. The van der Waals surface area contributed by atoms with Gasteiger partial charge >= 0.3 is 6.03 Å². The molecule has 3 N–H and O–H groups in total. The van der Waals surface area contributed by atoms with Crippen LogP contribution in [0.4, 0.5) is 4.79 Å². The fraction of sp³-hybridized carbons (Fsp3) is 0.818. The van der Waals surface area contributed by atoms with Gasteiger partial charge in [0.05, 0.1) is 6.54 Å². The van der Waals surface area contributed by atoms with E-state index in [1.54, 1.807) is 0 Å². The van der Waals surface area contributed by atoms with E-state index in [0.717, 1.165) is 12.8 Å². The quantitative estimate of drug-likeness (QED) is 0.567. The van der Waals surface area contributed by atoms with E-state index in [9.17, 15) is 9.59 Å². The van der Waals surface area contributed by atoms with E-state index in [1.807, 2.05) is 6.92 Å². The van der Waals surface area contributed by atoms with Crippen molar-refractivity contribution in [1.29, 1.82) is 0 Å². The molecule has 0 saturated heterocycles. The van der Waals surface area contributed by atoms with Crippen molar-refractivity contribution < 1.29 is 9.59 Å². The molecule has 0 fully saturated rings. The van der Waals surface area contributed by atoms with Gasteiger partial charge in [0, 0.05) is 13.1 Å². The van der Waals surface area contributed by atoms with Crippen LogP contribution in [0.5, 0.6) is 0 Å². The van der Waals surface area contributed by atoms with Crippen molar-refractivity contribution in [3.05, 3.63) is 0 Å². The highest BCUT2D eigenvalue weighted by Gasteiger charge is 2.03. The first-order valence-electron chi connectivity index (χ1n) is 5.84. The van der Waals surface area contributed by atoms with Gasteiger partial charge in [0.1, 0.15) is 0 Å². The molecular formula is C11H23N3O2. The second-order valence-corrected chi connectivity index (χ2v) is 4.10. The zero-order chi connectivity index (χ0) is 12.4. The minimum atomic E-state index is -0.282. The molecule has 0 saturated carbocycles. The van der Waals surface area contributed by atoms with Crippen molar-refractivity contribution in [3.63, 3.8) is 0 Å². The van der Waals surface area contributed by atoms with Gasteiger partial charge in [-0.1, -0.05) is 13.8 Å². The summed E-state index contributed by atoms with van der Waals surface area (Å²) in [6.07, 6.45) is 2.06. The van der Waals surface area contributed by atoms with E-state index in [-0.39, 0.29) is 18.5 Å². The van der Waals surface area contributed by atoms with Gasteiger partial charge < -0.3 is 16.0 Å². The van der Waals surface area contributed by atoms with Crippen LogP contribution in [0.15, 0.2) is 0 Å². The Kier molecular flexibility index (Phi) is 8.29. The van der Waals surface area contributed by atoms with E-state index < -0.39 is 0 Å². The summed E-state index contributed by atoms with van der Waals surface area (Å²) >= 11 is 0. The third kappa shape index (κ3) is 9.30. The molecule has 0 aromatic carbocycles. The predicted molar refractivity (Wildman–Crippen MR) is 64.2 cm³/mol. The Balaban J connectivity index is 3.41. The monoisotopic (exact) mass is 229 g/mol. The molecule has 3 amide bonds. The third-order valence-corrected chi connectivity index (χ3v) is 2.03. The summed E-state index contributed by atoms with van der Waals surface area (Å²) < 4.78 is 0. The van der Waals surface area contributed by atoms with Crippen molar-refractivity contribution in [2.24, 2.45) is 5.92 Å². The van der Waals surface area contributed by atoms with Crippen LogP contribution in [-0.4, -0.2) is 31.6 Å². The maximum atomic E-state index is 11.2. The summed E-state index contributed by atoms with van der Waals surface area (Å²) in [5.74, 6) is 0.486. The number of rotatable bonds is 7. The van der Waals surface area contributed by atoms with Gasteiger partial charge in [-0.25, -0.2) is 4.79 Å². The lowest BCUT2D eigenvalue weighted by molar-refractivity contribution is -0.119. The average molecular weight is 229 g/mol. The first-order valence-corrected chi connectivity index (χ1v) is 5.84. The molecule has 94 valence electrons. The zero-order valence-electron chi connectivity index (χ0n) is 10.4. The van der Waals surface area contributed by atoms with E-state index in [1.165, 1.54) is 0 Å². The average Bonchev–Trinajstić information content (AvgIpc) is 2.22. The molecule has 0 aliphatic heterocycles. The van der Waals surface area contributed by atoms with Gasteiger partial charge in [-0.15, -0.1) is 0 Å². The van der Waals surface area contributed by atoms with Crippen molar-refractivity contribution in [2.45, 2.75) is 33.6 Å². The summed E-state index contributed by atoms with van der Waals surface area (Å²) in [6, 6.07) is -0.282. The first kappa shape index (κ1) is 14.7. The Bertz CT molecular complexity index is 217. The van der Waals surface area contributed by atoms with Gasteiger partial charge in [-0.05, 0) is 25.7 Å². The highest BCUT2D eigenvalue weighted by Crippen LogP contribution is 2.01. The fourth-order valence-electron chi connectivity index (χ4n) is 1.19. The lowest BCUT2D eigenvalue weighted by atomic mass is 10.1. The molecule has 16 heavy (non-hydrogen) atoms. The zero-order valence-corrected chi connectivity index (χ0v) is 10.4. The molecule has 0 bridgehead atoms. The molecule has 0 aromatic rings. The van der Waals surface area contributed by atoms with E-state index >= 15 is 0 Å². The molecule has 5 nitrogen and oxygen atoms in total. The van der Waals surface area contributed by atoms with Gasteiger partial charge in [0.25, 0.3) is 0 Å². The molecule has 0 aliphatic carbocycles. The Hall–Kier alpha value is -1.26. The summed E-state index contributed by atoms with van der Waals surface area (Å²) in [5.41, 5.74) is 0. The van der Waals surface area contributed by atoms with Gasteiger partial charge in [-0.2, -0.15) is 0 Å². The molecule has 0 atom stereocenters. The fourth-order valence-corrected chi connectivity index (χ4v) is 1.19. The molecule has 0 aromatic heterocycles. The standard InChI is InChI=1S/C11H23N3O2/c1-4-12-10(15)8-14-11(16)13-7-5-6-9(2)3/h9H,4-8H2,1-3H3,(H,12,15)(H2,13,14,16). The van der Waals surface area contributed by atoms with Gasteiger partial charge in [0.15, 0.2) is 0 Å². The van der Waals surface area contributed by atoms with Gasteiger partial charge in [-0.3, -0.25) is 4.79 Å². The van der Waals surface area contributed by atoms with Crippen LogP contribution in [0.3, 0.4) is 0 Å². The number of nitrogens with one attached hydrogen (secondary N) is 3. The molecule has 0 rings (SSSR count). The maximum absolute atomic E-state index is 11.2. The van der Waals surface area contributed by atoms with Crippen LogP contribution < -0.4 is 16.0 Å². The summed E-state index contributed by atoms with van der Waals surface area (Å²) in [6.45, 7) is 7.40. The molecular weight excluding hydrogens is 206 g/mol.